The van der Waals surface area contributed by atoms with Gasteiger partial charge in [0.25, 0.3) is 0 Å². The molecule has 0 bridgehead atoms. The van der Waals surface area contributed by atoms with Crippen molar-refractivity contribution in [2.75, 3.05) is 5.73 Å². The van der Waals surface area contributed by atoms with Gasteiger partial charge in [0.05, 0.1) is 0 Å². The van der Waals surface area contributed by atoms with Gasteiger partial charge in [-0.2, -0.15) is 0 Å². The molecule has 2 N–H and O–H groups in total. The van der Waals surface area contributed by atoms with Gasteiger partial charge in [-0.25, -0.2) is 0 Å². The highest BCUT2D eigenvalue weighted by Crippen LogP contribution is 2.32. The van der Waals surface area contributed by atoms with E-state index in [2.05, 4.69) is 78.9 Å². The average molecular weight is 323 g/mol. The van der Waals surface area contributed by atoms with E-state index in [0.717, 1.165) is 29.5 Å². The standard InChI is InChI=1S/C24H21N/c25-24-22-9-5-4-8-20(22)16-17-23(24)21-14-12-19(13-15-21)11-10-18-6-2-1-3-7-18/h1-9,12-17H,10-11,25H2. The number of benzene rings is 4. The summed E-state index contributed by atoms with van der Waals surface area (Å²) >= 11 is 0. The fraction of sp³-hybridized carbons (Fsp3) is 0.0833. The van der Waals surface area contributed by atoms with E-state index in [9.17, 15) is 0 Å². The third-order valence-electron chi connectivity index (χ3n) is 4.78. The minimum absolute atomic E-state index is 0.857. The van der Waals surface area contributed by atoms with E-state index in [0.29, 0.717) is 0 Å². The molecule has 0 aromatic heterocycles. The van der Waals surface area contributed by atoms with Gasteiger partial charge < -0.3 is 5.73 Å². The number of nitrogens with two attached hydrogens (primary N) is 1. The van der Waals surface area contributed by atoms with E-state index in [1.807, 2.05) is 12.1 Å². The summed E-state index contributed by atoms with van der Waals surface area (Å²) in [5, 5.41) is 2.30. The lowest BCUT2D eigenvalue weighted by Gasteiger charge is -2.10. The van der Waals surface area contributed by atoms with E-state index in [4.69, 9.17) is 5.73 Å². The second-order valence-corrected chi connectivity index (χ2v) is 6.43. The highest BCUT2D eigenvalue weighted by Gasteiger charge is 2.06. The second-order valence-electron chi connectivity index (χ2n) is 6.43. The maximum absolute atomic E-state index is 6.42. The number of hydrogen-bond donors (Lipinski definition) is 1. The van der Waals surface area contributed by atoms with Crippen LogP contribution in [-0.4, -0.2) is 0 Å². The number of rotatable bonds is 4. The maximum Gasteiger partial charge on any atom is 0.0473 e. The molecule has 122 valence electrons. The summed E-state index contributed by atoms with van der Waals surface area (Å²) in [7, 11) is 0. The van der Waals surface area contributed by atoms with Gasteiger partial charge in [0.1, 0.15) is 0 Å². The zero-order chi connectivity index (χ0) is 17.1. The van der Waals surface area contributed by atoms with Gasteiger partial charge in [0.15, 0.2) is 0 Å². The Kier molecular flexibility index (Phi) is 4.22. The Hall–Kier alpha value is -3.06. The maximum atomic E-state index is 6.42. The second kappa shape index (κ2) is 6.82. The van der Waals surface area contributed by atoms with Crippen LogP contribution in [0.25, 0.3) is 21.9 Å². The first-order chi connectivity index (χ1) is 12.3. The first-order valence-electron chi connectivity index (χ1n) is 8.72. The van der Waals surface area contributed by atoms with Crippen LogP contribution in [0.1, 0.15) is 11.1 Å². The van der Waals surface area contributed by atoms with E-state index in [1.165, 1.54) is 22.1 Å². The molecule has 1 nitrogen and oxygen atoms in total. The van der Waals surface area contributed by atoms with Crippen molar-refractivity contribution in [1.82, 2.24) is 0 Å². The molecule has 0 fully saturated rings. The molecule has 0 amide bonds. The van der Waals surface area contributed by atoms with Crippen LogP contribution in [0.4, 0.5) is 5.69 Å². The number of fused-ring (bicyclic) bond motifs is 1. The lowest BCUT2D eigenvalue weighted by Crippen LogP contribution is -1.93. The summed E-state index contributed by atoms with van der Waals surface area (Å²) in [6.07, 6.45) is 2.12. The average Bonchev–Trinajstić information content (AvgIpc) is 2.68. The number of anilines is 1. The fourth-order valence-corrected chi connectivity index (χ4v) is 3.33. The smallest absolute Gasteiger partial charge is 0.0473 e. The van der Waals surface area contributed by atoms with Crippen LogP contribution in [0.15, 0.2) is 91.0 Å². The molecule has 0 spiro atoms. The molecule has 4 rings (SSSR count). The molecule has 0 aliphatic heterocycles. The van der Waals surface area contributed by atoms with Gasteiger partial charge >= 0.3 is 0 Å². The van der Waals surface area contributed by atoms with Gasteiger partial charge in [0.2, 0.25) is 0 Å². The molecule has 0 atom stereocenters. The van der Waals surface area contributed by atoms with Crippen molar-refractivity contribution in [3.05, 3.63) is 102 Å². The van der Waals surface area contributed by atoms with Crippen LogP contribution < -0.4 is 5.73 Å². The van der Waals surface area contributed by atoms with Gasteiger partial charge in [-0.3, -0.25) is 0 Å². The lowest BCUT2D eigenvalue weighted by molar-refractivity contribution is 0.960. The minimum Gasteiger partial charge on any atom is -0.398 e. The minimum atomic E-state index is 0.857. The SMILES string of the molecule is Nc1c(-c2ccc(CCc3ccccc3)cc2)ccc2ccccc12. The van der Waals surface area contributed by atoms with Crippen molar-refractivity contribution in [3.63, 3.8) is 0 Å². The van der Waals surface area contributed by atoms with Gasteiger partial charge in [0, 0.05) is 16.6 Å². The Morgan fingerprint density at radius 1 is 0.560 bits per heavy atom. The van der Waals surface area contributed by atoms with E-state index in [-0.39, 0.29) is 0 Å². The molecule has 4 aromatic rings. The van der Waals surface area contributed by atoms with Crippen molar-refractivity contribution in [3.8, 4) is 11.1 Å². The van der Waals surface area contributed by atoms with Gasteiger partial charge in [-0.15, -0.1) is 0 Å². The molecule has 0 saturated heterocycles. The highest BCUT2D eigenvalue weighted by atomic mass is 14.6. The Balaban J connectivity index is 1.57. The van der Waals surface area contributed by atoms with Crippen LogP contribution in [0.2, 0.25) is 0 Å². The molecule has 4 aromatic carbocycles. The summed E-state index contributed by atoms with van der Waals surface area (Å²) in [5.74, 6) is 0. The molecule has 0 aliphatic carbocycles. The molecule has 0 heterocycles. The Labute approximate surface area is 148 Å². The largest absolute Gasteiger partial charge is 0.398 e. The Morgan fingerprint density at radius 3 is 1.96 bits per heavy atom. The first kappa shape index (κ1) is 15.5. The first-order valence-corrected chi connectivity index (χ1v) is 8.72. The number of hydrogen-bond acceptors (Lipinski definition) is 1. The van der Waals surface area contributed by atoms with Crippen molar-refractivity contribution >= 4 is 16.5 Å². The molecule has 1 heteroatoms. The van der Waals surface area contributed by atoms with E-state index in [1.54, 1.807) is 0 Å². The summed E-state index contributed by atoms with van der Waals surface area (Å²) in [4.78, 5) is 0. The summed E-state index contributed by atoms with van der Waals surface area (Å²) in [6.45, 7) is 0. The normalized spacial score (nSPS) is 10.9. The van der Waals surface area contributed by atoms with Crippen molar-refractivity contribution in [2.24, 2.45) is 0 Å². The summed E-state index contributed by atoms with van der Waals surface area (Å²) < 4.78 is 0. The van der Waals surface area contributed by atoms with Crippen LogP contribution in [0.5, 0.6) is 0 Å². The van der Waals surface area contributed by atoms with Crippen molar-refractivity contribution in [2.45, 2.75) is 12.8 Å². The predicted octanol–water partition coefficient (Wildman–Crippen LogP) is 5.87. The molecule has 25 heavy (non-hydrogen) atoms. The topological polar surface area (TPSA) is 26.0 Å². The lowest BCUT2D eigenvalue weighted by atomic mass is 9.97. The monoisotopic (exact) mass is 323 g/mol. The van der Waals surface area contributed by atoms with Gasteiger partial charge in [-0.1, -0.05) is 91.0 Å². The molecular weight excluding hydrogens is 302 g/mol. The Morgan fingerprint density at radius 2 is 1.20 bits per heavy atom. The summed E-state index contributed by atoms with van der Waals surface area (Å²) in [6, 6.07) is 32.0. The number of nitrogen functional groups attached to an aromatic ring is 1. The van der Waals surface area contributed by atoms with Crippen LogP contribution in [0, 0.1) is 0 Å². The number of aryl methyl sites for hydroxylation is 2. The van der Waals surface area contributed by atoms with Crippen LogP contribution in [-0.2, 0) is 12.8 Å². The Bertz CT molecular complexity index is 985. The zero-order valence-electron chi connectivity index (χ0n) is 14.2. The van der Waals surface area contributed by atoms with Crippen molar-refractivity contribution < 1.29 is 0 Å². The molecule has 0 unspecified atom stereocenters. The molecule has 0 radical (unpaired) electrons. The van der Waals surface area contributed by atoms with Crippen LogP contribution >= 0.6 is 0 Å². The van der Waals surface area contributed by atoms with E-state index >= 15 is 0 Å². The highest BCUT2D eigenvalue weighted by molar-refractivity contribution is 6.00. The fourth-order valence-electron chi connectivity index (χ4n) is 3.33. The third kappa shape index (κ3) is 3.27. The molecule has 0 saturated carbocycles. The van der Waals surface area contributed by atoms with Gasteiger partial charge in [-0.05, 0) is 34.9 Å². The summed E-state index contributed by atoms with van der Waals surface area (Å²) in [5.41, 5.74) is 12.3. The van der Waals surface area contributed by atoms with Crippen molar-refractivity contribution in [1.29, 1.82) is 0 Å². The zero-order valence-corrected chi connectivity index (χ0v) is 14.2. The van der Waals surface area contributed by atoms with Crippen LogP contribution in [0.3, 0.4) is 0 Å². The predicted molar refractivity (Wildman–Crippen MR) is 108 cm³/mol. The molecule has 0 aliphatic rings. The molecular formula is C24H21N. The third-order valence-corrected chi connectivity index (χ3v) is 4.78. The quantitative estimate of drug-likeness (QED) is 0.467. The van der Waals surface area contributed by atoms with E-state index < -0.39 is 0 Å².